The van der Waals surface area contributed by atoms with E-state index in [1.807, 2.05) is 6.92 Å². The van der Waals surface area contributed by atoms with E-state index < -0.39 is 10.7 Å². The molecule has 110 valence electrons. The van der Waals surface area contributed by atoms with Crippen LogP contribution in [-0.4, -0.2) is 4.92 Å². The SMILES string of the molecule is CC(N)c1ccc(Oc2ccc([N+](=O)[O-])cc2F)cc1Br. The van der Waals surface area contributed by atoms with Crippen LogP contribution in [0.15, 0.2) is 40.9 Å². The van der Waals surface area contributed by atoms with E-state index in [1.165, 1.54) is 12.1 Å². The van der Waals surface area contributed by atoms with E-state index >= 15 is 0 Å². The first-order valence-electron chi connectivity index (χ1n) is 6.05. The predicted octanol–water partition coefficient (Wildman–Crippen LogP) is 4.31. The maximum atomic E-state index is 13.7. The molecule has 0 aliphatic heterocycles. The van der Waals surface area contributed by atoms with Gasteiger partial charge in [0.05, 0.1) is 11.0 Å². The minimum atomic E-state index is -0.795. The molecule has 0 aliphatic carbocycles. The highest BCUT2D eigenvalue weighted by atomic mass is 79.9. The number of nitro groups is 1. The van der Waals surface area contributed by atoms with Crippen molar-refractivity contribution in [2.45, 2.75) is 13.0 Å². The first-order valence-corrected chi connectivity index (χ1v) is 6.84. The molecule has 2 aromatic rings. The Hall–Kier alpha value is -1.99. The number of halogens is 2. The number of rotatable bonds is 4. The topological polar surface area (TPSA) is 78.4 Å². The van der Waals surface area contributed by atoms with E-state index in [0.717, 1.165) is 16.1 Å². The second-order valence-electron chi connectivity index (χ2n) is 4.45. The lowest BCUT2D eigenvalue weighted by atomic mass is 10.1. The van der Waals surface area contributed by atoms with Gasteiger partial charge in [-0.2, -0.15) is 0 Å². The lowest BCUT2D eigenvalue weighted by Crippen LogP contribution is -2.05. The van der Waals surface area contributed by atoms with Gasteiger partial charge in [0.2, 0.25) is 0 Å². The van der Waals surface area contributed by atoms with Gasteiger partial charge in [-0.15, -0.1) is 0 Å². The lowest BCUT2D eigenvalue weighted by Gasteiger charge is -2.11. The second kappa shape index (κ2) is 6.19. The number of hydrogen-bond donors (Lipinski definition) is 1. The maximum Gasteiger partial charge on any atom is 0.272 e. The normalized spacial score (nSPS) is 12.0. The van der Waals surface area contributed by atoms with E-state index in [-0.39, 0.29) is 17.5 Å². The molecule has 2 N–H and O–H groups in total. The third-order valence-electron chi connectivity index (χ3n) is 2.82. The number of hydrogen-bond acceptors (Lipinski definition) is 4. The molecule has 0 bridgehead atoms. The number of nitrogens with zero attached hydrogens (tertiary/aromatic N) is 1. The summed E-state index contributed by atoms with van der Waals surface area (Å²) in [6.07, 6.45) is 0. The Morgan fingerprint density at radius 1 is 1.33 bits per heavy atom. The zero-order chi connectivity index (χ0) is 15.6. The molecule has 0 radical (unpaired) electrons. The van der Waals surface area contributed by atoms with Crippen LogP contribution in [0.4, 0.5) is 10.1 Å². The number of ether oxygens (including phenoxy) is 1. The summed E-state index contributed by atoms with van der Waals surface area (Å²) in [4.78, 5) is 9.88. The van der Waals surface area contributed by atoms with Crippen molar-refractivity contribution >= 4 is 21.6 Å². The molecule has 1 atom stereocenters. The predicted molar refractivity (Wildman–Crippen MR) is 79.9 cm³/mol. The van der Waals surface area contributed by atoms with Crippen LogP contribution in [-0.2, 0) is 0 Å². The van der Waals surface area contributed by atoms with Crippen LogP contribution in [0.5, 0.6) is 11.5 Å². The Bertz CT molecular complexity index is 692. The fourth-order valence-corrected chi connectivity index (χ4v) is 2.47. The summed E-state index contributed by atoms with van der Waals surface area (Å²) < 4.78 is 19.9. The Morgan fingerprint density at radius 2 is 2.05 bits per heavy atom. The summed E-state index contributed by atoms with van der Waals surface area (Å²) in [5.74, 6) is -0.475. The standard InChI is InChI=1S/C14H12BrFN2O3/c1-8(17)11-4-3-10(7-12(11)15)21-14-5-2-9(18(19)20)6-13(14)16/h2-8H,17H2,1H3. The van der Waals surface area contributed by atoms with Crippen molar-refractivity contribution in [1.29, 1.82) is 0 Å². The van der Waals surface area contributed by atoms with Crippen LogP contribution in [0.25, 0.3) is 0 Å². The van der Waals surface area contributed by atoms with E-state index in [1.54, 1.807) is 18.2 Å². The van der Waals surface area contributed by atoms with Gasteiger partial charge in [-0.25, -0.2) is 4.39 Å². The summed E-state index contributed by atoms with van der Waals surface area (Å²) in [7, 11) is 0. The Kier molecular flexibility index (Phi) is 4.54. The molecule has 0 aliphatic rings. The number of non-ortho nitro benzene ring substituents is 1. The minimum absolute atomic E-state index is 0.0824. The van der Waals surface area contributed by atoms with Crippen molar-refractivity contribution in [3.8, 4) is 11.5 Å². The average Bonchev–Trinajstić information content (AvgIpc) is 2.40. The molecule has 1 unspecified atom stereocenters. The molecule has 0 saturated carbocycles. The van der Waals surface area contributed by atoms with E-state index in [0.29, 0.717) is 5.75 Å². The zero-order valence-corrected chi connectivity index (χ0v) is 12.6. The van der Waals surface area contributed by atoms with Crippen molar-refractivity contribution < 1.29 is 14.1 Å². The molecule has 0 fully saturated rings. The van der Waals surface area contributed by atoms with Crippen LogP contribution in [0.1, 0.15) is 18.5 Å². The van der Waals surface area contributed by atoms with Crippen LogP contribution in [0.2, 0.25) is 0 Å². The third-order valence-corrected chi connectivity index (χ3v) is 3.50. The minimum Gasteiger partial charge on any atom is -0.454 e. The largest absolute Gasteiger partial charge is 0.454 e. The molecular weight excluding hydrogens is 343 g/mol. The highest BCUT2D eigenvalue weighted by Gasteiger charge is 2.13. The van der Waals surface area contributed by atoms with Crippen LogP contribution in [0.3, 0.4) is 0 Å². The van der Waals surface area contributed by atoms with Gasteiger partial charge in [0.25, 0.3) is 5.69 Å². The third kappa shape index (κ3) is 3.56. The summed E-state index contributed by atoms with van der Waals surface area (Å²) in [5, 5.41) is 10.5. The van der Waals surface area contributed by atoms with E-state index in [2.05, 4.69) is 15.9 Å². The molecule has 5 nitrogen and oxygen atoms in total. The van der Waals surface area contributed by atoms with Crippen molar-refractivity contribution in [3.05, 3.63) is 62.4 Å². The van der Waals surface area contributed by atoms with Gasteiger partial charge in [0.1, 0.15) is 5.75 Å². The zero-order valence-electron chi connectivity index (χ0n) is 11.0. The molecule has 2 rings (SSSR count). The summed E-state index contributed by atoms with van der Waals surface area (Å²) >= 11 is 3.37. The molecule has 0 heterocycles. The lowest BCUT2D eigenvalue weighted by molar-refractivity contribution is -0.385. The quantitative estimate of drug-likeness (QED) is 0.655. The highest BCUT2D eigenvalue weighted by Crippen LogP contribution is 2.31. The monoisotopic (exact) mass is 354 g/mol. The fourth-order valence-electron chi connectivity index (χ4n) is 1.75. The van der Waals surface area contributed by atoms with Gasteiger partial charge in [0, 0.05) is 16.6 Å². The number of nitrogens with two attached hydrogens (primary N) is 1. The fraction of sp³-hybridized carbons (Fsp3) is 0.143. The van der Waals surface area contributed by atoms with Crippen LogP contribution in [0, 0.1) is 15.9 Å². The first-order chi connectivity index (χ1) is 9.88. The molecule has 21 heavy (non-hydrogen) atoms. The Labute approximate surface area is 128 Å². The molecule has 2 aromatic carbocycles. The van der Waals surface area contributed by atoms with Crippen molar-refractivity contribution in [1.82, 2.24) is 0 Å². The van der Waals surface area contributed by atoms with Crippen molar-refractivity contribution in [2.24, 2.45) is 5.73 Å². The summed E-state index contributed by atoms with van der Waals surface area (Å²) in [5.41, 5.74) is 6.36. The van der Waals surface area contributed by atoms with Crippen LogP contribution >= 0.6 is 15.9 Å². The van der Waals surface area contributed by atoms with Crippen molar-refractivity contribution in [2.75, 3.05) is 0 Å². The number of nitro benzene ring substituents is 1. The highest BCUT2D eigenvalue weighted by molar-refractivity contribution is 9.10. The van der Waals surface area contributed by atoms with Crippen molar-refractivity contribution in [3.63, 3.8) is 0 Å². The smallest absolute Gasteiger partial charge is 0.272 e. The Balaban J connectivity index is 2.26. The average molecular weight is 355 g/mol. The molecule has 0 saturated heterocycles. The van der Waals surface area contributed by atoms with Gasteiger partial charge in [-0.1, -0.05) is 22.0 Å². The van der Waals surface area contributed by atoms with E-state index in [4.69, 9.17) is 10.5 Å². The van der Waals surface area contributed by atoms with Gasteiger partial charge in [-0.05, 0) is 30.7 Å². The maximum absolute atomic E-state index is 13.7. The number of benzene rings is 2. The van der Waals surface area contributed by atoms with Gasteiger partial charge >= 0.3 is 0 Å². The van der Waals surface area contributed by atoms with Gasteiger partial charge in [0.15, 0.2) is 11.6 Å². The summed E-state index contributed by atoms with van der Waals surface area (Å²) in [6.45, 7) is 1.84. The second-order valence-corrected chi connectivity index (χ2v) is 5.30. The first kappa shape index (κ1) is 15.4. The Morgan fingerprint density at radius 3 is 2.57 bits per heavy atom. The van der Waals surface area contributed by atoms with Gasteiger partial charge in [-0.3, -0.25) is 10.1 Å². The van der Waals surface area contributed by atoms with E-state index in [9.17, 15) is 14.5 Å². The van der Waals surface area contributed by atoms with Crippen LogP contribution < -0.4 is 10.5 Å². The van der Waals surface area contributed by atoms with Gasteiger partial charge < -0.3 is 10.5 Å². The molecule has 0 aromatic heterocycles. The molecule has 7 heteroatoms. The molecule has 0 amide bonds. The molecular formula is C14H12BrFN2O3. The summed E-state index contributed by atoms with van der Waals surface area (Å²) in [6, 6.07) is 8.17. The molecule has 0 spiro atoms.